The highest BCUT2D eigenvalue weighted by Gasteiger charge is 2.52. The van der Waals surface area contributed by atoms with Gasteiger partial charge in [0.1, 0.15) is 40.1 Å². The van der Waals surface area contributed by atoms with Crippen LogP contribution in [0.2, 0.25) is 0 Å². The van der Waals surface area contributed by atoms with Crippen molar-refractivity contribution in [2.24, 2.45) is 0 Å². The Morgan fingerprint density at radius 2 is 0.692 bits per heavy atom. The summed E-state index contributed by atoms with van der Waals surface area (Å²) >= 11 is 17.6. The summed E-state index contributed by atoms with van der Waals surface area (Å²) in [5, 5.41) is 0. The highest BCUT2D eigenvalue weighted by molar-refractivity contribution is 7.64. The lowest BCUT2D eigenvalue weighted by atomic mass is 10.2. The van der Waals surface area contributed by atoms with Crippen LogP contribution in [0.4, 0.5) is 4.79 Å². The Morgan fingerprint density at radius 3 is 0.962 bits per heavy atom. The SMILES string of the molecule is C=COc1ccc(C[Si](OCC)(OCC)OCC)cc1.CCO[Si](Cc1ccc(OC(=O)OC(C)(C)C)cc1)(OCC)OCC.CCO[Si](Cc1ccc(OC(C)=O)cc1)(OCC)OCC.CCO[Si](Cc1ccc(OCOC)cc1)(OCC)OCC.COC(C)Oc1ccc(C[Si](OC(C)=O)(OC(C)=O)OC(C)=O)cc1.Cl[Si](Cl)(Cl)Cc1ccc(OC2CCCCO2)cc1. The van der Waals surface area contributed by atoms with Crippen LogP contribution >= 0.6 is 33.2 Å². The lowest BCUT2D eigenvalue weighted by molar-refractivity contribution is -0.148. The van der Waals surface area contributed by atoms with Crippen LogP contribution in [0.3, 0.4) is 0 Å². The summed E-state index contributed by atoms with van der Waals surface area (Å²) in [6.45, 7) is 46.6. The molecular formula is C91H141Cl3O30Si6. The average molecular weight is 1990 g/mol. The predicted octanol–water partition coefficient (Wildman–Crippen LogP) is 19.1. The first-order valence-corrected chi connectivity index (χ1v) is 58.6. The second-order valence-corrected chi connectivity index (χ2v) is 50.6. The molecule has 0 N–H and O–H groups in total. The van der Waals surface area contributed by atoms with Gasteiger partial charge in [0, 0.05) is 158 Å². The predicted molar refractivity (Wildman–Crippen MR) is 511 cm³/mol. The maximum Gasteiger partial charge on any atom is 0.709 e. The molecule has 6 aromatic rings. The average Bonchev–Trinajstić information content (AvgIpc) is 0.793. The minimum atomic E-state index is -3.90. The summed E-state index contributed by atoms with van der Waals surface area (Å²) in [4.78, 5) is 56.9. The molecule has 6 aromatic carbocycles. The highest BCUT2D eigenvalue weighted by atomic mass is 35.8. The third-order valence-corrected chi connectivity index (χ3v) is 33.5. The second-order valence-electron chi connectivity index (χ2n) is 28.8. The number of ether oxygens (including phenoxy) is 10. The van der Waals surface area contributed by atoms with E-state index in [9.17, 15) is 24.0 Å². The van der Waals surface area contributed by atoms with Gasteiger partial charge in [-0.15, -0.1) is 33.2 Å². The van der Waals surface area contributed by atoms with Crippen LogP contribution in [0.5, 0.6) is 34.5 Å². The number of carbonyl (C=O) groups is 5. The summed E-state index contributed by atoms with van der Waals surface area (Å²) in [5.41, 5.74) is 5.34. The summed E-state index contributed by atoms with van der Waals surface area (Å²) in [6, 6.07) is 44.9. The lowest BCUT2D eigenvalue weighted by Crippen LogP contribution is -2.51. The Morgan fingerprint density at radius 1 is 0.400 bits per heavy atom. The fraction of sp³-hybridized carbons (Fsp3) is 0.527. The van der Waals surface area contributed by atoms with E-state index in [4.69, 9.17) is 147 Å². The van der Waals surface area contributed by atoms with Crippen molar-refractivity contribution in [2.75, 3.05) is 107 Å². The van der Waals surface area contributed by atoms with Crippen molar-refractivity contribution in [3.8, 4) is 34.5 Å². The lowest BCUT2D eigenvalue weighted by Gasteiger charge is -2.28. The van der Waals surface area contributed by atoms with Crippen molar-refractivity contribution in [3.63, 3.8) is 0 Å². The number of methoxy groups -OCH3 is 2. The standard InChI is InChI=1S/C18H30O6Si.C16H22O8Si.C15H26O5Si.C15H24O5Si.C15H24O4Si.C12H15Cl3O2Si/c1-7-20-25(21-8-2,22-9-3)14-15-10-12-16(13-11-15)23-17(19)24-18(4,5)6;1-11(17)22-25(23-12(2)18,24-13(3)19)10-15-6-8-16(9-7-15)21-14(4)20-5;1-5-18-21(19-6-2,20-7-3)12-14-8-10-15(11-9-14)17-13-16-4;1-5-17-21(18-6-2,19-7-3)12-14-8-10-15(11-9-14)20-13(4)16;1-5-16-15-11-9-14(10-12-15)13-20(17-6-2,18-7-3)19-8-4;13-18(14,15)9-10-4-6-11(7-5-10)17-12-3-1-2-8-16-12/h10-13H,7-9,14H2,1-6H3;6-9,14H,10H2,1-5H3;8-11H,5-7,12-13H2,1-4H3;8-11H,5-7,12H2,1-4H3;5,9-12H,1,6-8,13H2,2-4H3;4-7,12H,1-3,8-9H2. The molecule has 0 radical (unpaired) electrons. The van der Waals surface area contributed by atoms with E-state index in [1.165, 1.54) is 20.3 Å². The number of carbonyl (C=O) groups excluding carboxylic acids is 5. The number of esters is 1. The van der Waals surface area contributed by atoms with Crippen molar-refractivity contribution in [2.45, 2.75) is 212 Å². The molecule has 0 spiro atoms. The largest absolute Gasteiger partial charge is 0.709 e. The van der Waals surface area contributed by atoms with Crippen LogP contribution in [0.15, 0.2) is 158 Å². The van der Waals surface area contributed by atoms with Gasteiger partial charge in [0.05, 0.1) is 18.9 Å². The van der Waals surface area contributed by atoms with E-state index in [-0.39, 0.29) is 25.1 Å². The fourth-order valence-electron chi connectivity index (χ4n) is 12.1. The van der Waals surface area contributed by atoms with Gasteiger partial charge in [0.2, 0.25) is 0 Å². The van der Waals surface area contributed by atoms with Crippen LogP contribution in [0, 0.1) is 0 Å². The molecule has 730 valence electrons. The molecule has 1 heterocycles. The maximum atomic E-state index is 11.7. The summed E-state index contributed by atoms with van der Waals surface area (Å²) in [7, 11) is -11.5. The number of halogens is 3. The van der Waals surface area contributed by atoms with Crippen molar-refractivity contribution in [3.05, 3.63) is 192 Å². The van der Waals surface area contributed by atoms with E-state index in [1.807, 2.05) is 180 Å². The Labute approximate surface area is 791 Å². The summed E-state index contributed by atoms with van der Waals surface area (Å²) in [6.07, 6.45) is 3.38. The van der Waals surface area contributed by atoms with Gasteiger partial charge in [-0.05, 0) is 230 Å². The van der Waals surface area contributed by atoms with Crippen LogP contribution in [-0.4, -0.2) is 205 Å². The summed E-state index contributed by atoms with van der Waals surface area (Å²) < 4.78 is 138. The molecule has 30 nitrogen and oxygen atoms in total. The molecule has 0 aromatic heterocycles. The normalized spacial score (nSPS) is 13.0. The van der Waals surface area contributed by atoms with E-state index >= 15 is 0 Å². The third kappa shape index (κ3) is 51.5. The molecule has 0 amide bonds. The minimum Gasteiger partial charge on any atom is -0.468 e. The van der Waals surface area contributed by atoms with Gasteiger partial charge in [-0.3, -0.25) is 19.2 Å². The van der Waals surface area contributed by atoms with E-state index in [0.717, 1.165) is 91.7 Å². The van der Waals surface area contributed by atoms with E-state index in [1.54, 1.807) is 83.3 Å². The first-order chi connectivity index (χ1) is 61.8. The minimum absolute atomic E-state index is 0.0359. The van der Waals surface area contributed by atoms with Crippen molar-refractivity contribution in [1.29, 1.82) is 0 Å². The topological polar surface area (TPSA) is 316 Å². The molecule has 0 aliphatic carbocycles. The van der Waals surface area contributed by atoms with Crippen molar-refractivity contribution >= 4 is 113 Å². The summed E-state index contributed by atoms with van der Waals surface area (Å²) in [5.74, 6) is 1.42. The van der Waals surface area contributed by atoms with E-state index in [0.29, 0.717) is 132 Å². The van der Waals surface area contributed by atoms with Crippen LogP contribution < -0.4 is 28.4 Å². The maximum absolute atomic E-state index is 11.7. The number of hydrogen-bond acceptors (Lipinski definition) is 30. The first-order valence-electron chi connectivity index (χ1n) is 43.7. The third-order valence-electron chi connectivity index (χ3n) is 16.8. The molecule has 130 heavy (non-hydrogen) atoms. The fourth-order valence-corrected chi connectivity index (χ4v) is 27.0. The monoisotopic (exact) mass is 1990 g/mol. The Balaban J connectivity index is 0.000000530. The number of hydrogen-bond donors (Lipinski definition) is 0. The molecule has 1 aliphatic rings. The molecule has 39 heteroatoms. The zero-order valence-corrected chi connectivity index (χ0v) is 88.2. The molecule has 1 aliphatic heterocycles. The van der Waals surface area contributed by atoms with Gasteiger partial charge in [-0.25, -0.2) is 4.79 Å². The Bertz CT molecular complexity index is 3950. The zero-order valence-electron chi connectivity index (χ0n) is 79.9. The molecule has 7 rings (SSSR count). The van der Waals surface area contributed by atoms with Crippen LogP contribution in [0.25, 0.3) is 0 Å². The van der Waals surface area contributed by atoms with Gasteiger partial charge in [-0.2, -0.15) is 0 Å². The van der Waals surface area contributed by atoms with E-state index < -0.39 is 86.0 Å². The second kappa shape index (κ2) is 65.6. The molecular weight excluding hydrogens is 1850 g/mol. The van der Waals surface area contributed by atoms with E-state index in [2.05, 4.69) is 6.58 Å². The van der Waals surface area contributed by atoms with Gasteiger partial charge >= 0.3 is 62.2 Å². The van der Waals surface area contributed by atoms with Gasteiger partial charge < -0.3 is 114 Å². The highest BCUT2D eigenvalue weighted by Crippen LogP contribution is 2.30. The quantitative estimate of drug-likeness (QED) is 0.00651. The Hall–Kier alpha value is -7.02. The van der Waals surface area contributed by atoms with Gasteiger partial charge in [0.15, 0.2) is 19.4 Å². The van der Waals surface area contributed by atoms with Crippen molar-refractivity contribution in [1.82, 2.24) is 0 Å². The van der Waals surface area contributed by atoms with Gasteiger partial charge in [-0.1, -0.05) is 79.4 Å². The molecule has 0 saturated carbocycles. The molecule has 1 saturated heterocycles. The number of benzene rings is 6. The van der Waals surface area contributed by atoms with Crippen molar-refractivity contribution < 1.29 is 138 Å². The van der Waals surface area contributed by atoms with Gasteiger partial charge in [0.25, 0.3) is 17.9 Å². The molecule has 0 bridgehead atoms. The molecule has 2 unspecified atom stereocenters. The Kier molecular flexibility index (Phi) is 60.1. The van der Waals surface area contributed by atoms with Crippen LogP contribution in [-0.2, 0) is 141 Å². The molecule has 2 atom stereocenters. The number of rotatable bonds is 51. The first kappa shape index (κ1) is 119. The van der Waals surface area contributed by atoms with Crippen LogP contribution in [0.1, 0.15) is 191 Å². The smallest absolute Gasteiger partial charge is 0.468 e. The molecule has 1 fully saturated rings. The zero-order chi connectivity index (χ0) is 97.1.